The van der Waals surface area contributed by atoms with Gasteiger partial charge in [-0.2, -0.15) is 8.78 Å². The second-order valence-electron chi connectivity index (χ2n) is 11.5. The standard InChI is InChI=1S/C30H36F4N4O/c1-19-14-24-22-6-2-3-7-25(22)36-27(24)28(38(19)18-30(34)10-4-11-30)23-9-8-20(15-26(23)39-29(32)33)35-21-16-37(17-21)13-5-12-31/h2-3,6-9,15,19,21,28-29,35-36H,4-5,10-14,16-18H2,1H3/t19-,28-/m1/s1. The van der Waals surface area contributed by atoms with Gasteiger partial charge in [-0.25, -0.2) is 4.39 Å². The van der Waals surface area contributed by atoms with E-state index in [9.17, 15) is 13.2 Å². The number of hydrogen-bond acceptors (Lipinski definition) is 4. The number of aromatic amines is 1. The molecule has 0 spiro atoms. The zero-order valence-electron chi connectivity index (χ0n) is 22.2. The summed E-state index contributed by atoms with van der Waals surface area (Å²) in [6.45, 7) is 1.28. The summed E-state index contributed by atoms with van der Waals surface area (Å²) in [5.74, 6) is 0.0961. The third-order valence-corrected chi connectivity index (χ3v) is 8.69. The predicted molar refractivity (Wildman–Crippen MR) is 145 cm³/mol. The molecule has 3 aromatic rings. The van der Waals surface area contributed by atoms with Crippen LogP contribution >= 0.6 is 0 Å². The van der Waals surface area contributed by atoms with Gasteiger partial charge in [0.05, 0.1) is 18.8 Å². The van der Waals surface area contributed by atoms with Crippen molar-refractivity contribution in [2.75, 3.05) is 38.2 Å². The van der Waals surface area contributed by atoms with Crippen LogP contribution in [0.2, 0.25) is 0 Å². The van der Waals surface area contributed by atoms with Gasteiger partial charge in [0.2, 0.25) is 0 Å². The van der Waals surface area contributed by atoms with E-state index in [1.807, 2.05) is 30.3 Å². The lowest BCUT2D eigenvalue weighted by atomic mass is 9.79. The Morgan fingerprint density at radius 3 is 2.67 bits per heavy atom. The first-order valence-electron chi connectivity index (χ1n) is 14.0. The molecule has 2 aromatic carbocycles. The number of benzene rings is 2. The summed E-state index contributed by atoms with van der Waals surface area (Å²) >= 11 is 0. The Bertz CT molecular complexity index is 1300. The molecule has 2 aliphatic heterocycles. The van der Waals surface area contributed by atoms with E-state index >= 15 is 4.39 Å². The zero-order valence-corrected chi connectivity index (χ0v) is 22.2. The molecule has 1 saturated heterocycles. The number of fused-ring (bicyclic) bond motifs is 3. The smallest absolute Gasteiger partial charge is 0.387 e. The molecule has 1 aliphatic carbocycles. The van der Waals surface area contributed by atoms with E-state index < -0.39 is 18.3 Å². The lowest BCUT2D eigenvalue weighted by Gasteiger charge is -2.46. The Kier molecular flexibility index (Phi) is 7.22. The van der Waals surface area contributed by atoms with Crippen LogP contribution in [0.5, 0.6) is 5.75 Å². The highest BCUT2D eigenvalue weighted by molar-refractivity contribution is 5.85. The third-order valence-electron chi connectivity index (χ3n) is 8.69. The maximum atomic E-state index is 15.6. The number of H-pyrrole nitrogens is 1. The fraction of sp³-hybridized carbons (Fsp3) is 0.533. The summed E-state index contributed by atoms with van der Waals surface area (Å²) in [6, 6.07) is 13.2. The second-order valence-corrected chi connectivity index (χ2v) is 11.5. The number of anilines is 1. The number of likely N-dealkylation sites (tertiary alicyclic amines) is 1. The van der Waals surface area contributed by atoms with Crippen LogP contribution in [0.15, 0.2) is 42.5 Å². The molecule has 0 bridgehead atoms. The van der Waals surface area contributed by atoms with Gasteiger partial charge in [-0.15, -0.1) is 0 Å². The molecule has 3 aliphatic rings. The molecule has 210 valence electrons. The van der Waals surface area contributed by atoms with Crippen molar-refractivity contribution in [2.45, 2.75) is 69.4 Å². The molecule has 2 N–H and O–H groups in total. The van der Waals surface area contributed by atoms with E-state index in [1.165, 1.54) is 0 Å². The van der Waals surface area contributed by atoms with Gasteiger partial charge in [-0.3, -0.25) is 14.2 Å². The molecule has 1 aromatic heterocycles. The highest BCUT2D eigenvalue weighted by Crippen LogP contribution is 2.47. The maximum Gasteiger partial charge on any atom is 0.387 e. The van der Waals surface area contributed by atoms with Gasteiger partial charge >= 0.3 is 6.61 Å². The lowest BCUT2D eigenvalue weighted by molar-refractivity contribution is -0.0522. The molecule has 2 atom stereocenters. The van der Waals surface area contributed by atoms with Gasteiger partial charge in [-0.05, 0) is 56.7 Å². The fourth-order valence-corrected chi connectivity index (χ4v) is 6.55. The lowest BCUT2D eigenvalue weighted by Crippen LogP contribution is -2.54. The minimum absolute atomic E-state index is 0.0115. The van der Waals surface area contributed by atoms with Crippen molar-refractivity contribution in [3.8, 4) is 5.75 Å². The van der Waals surface area contributed by atoms with Gasteiger partial charge < -0.3 is 15.0 Å². The predicted octanol–water partition coefficient (Wildman–Crippen LogP) is 6.45. The quantitative estimate of drug-likeness (QED) is 0.288. The summed E-state index contributed by atoms with van der Waals surface area (Å²) in [5, 5.41) is 4.51. The van der Waals surface area contributed by atoms with Crippen molar-refractivity contribution in [3.63, 3.8) is 0 Å². The van der Waals surface area contributed by atoms with Crippen LogP contribution in [-0.4, -0.2) is 72.0 Å². The van der Waals surface area contributed by atoms with Gasteiger partial charge in [0.15, 0.2) is 0 Å². The molecule has 6 rings (SSSR count). The summed E-state index contributed by atoms with van der Waals surface area (Å²) in [6.07, 6.45) is 3.18. The van der Waals surface area contributed by atoms with Crippen LogP contribution < -0.4 is 10.1 Å². The van der Waals surface area contributed by atoms with Crippen LogP contribution in [0.1, 0.15) is 55.5 Å². The molecular weight excluding hydrogens is 508 g/mol. The monoisotopic (exact) mass is 544 g/mol. The van der Waals surface area contributed by atoms with Crippen LogP contribution in [0.3, 0.4) is 0 Å². The molecule has 3 heterocycles. The second kappa shape index (κ2) is 10.7. The highest BCUT2D eigenvalue weighted by Gasteiger charge is 2.45. The van der Waals surface area contributed by atoms with Crippen molar-refractivity contribution in [2.24, 2.45) is 0 Å². The van der Waals surface area contributed by atoms with Crippen LogP contribution in [-0.2, 0) is 6.42 Å². The summed E-state index contributed by atoms with van der Waals surface area (Å²) in [5.41, 5.74) is 3.07. The molecule has 1 saturated carbocycles. The van der Waals surface area contributed by atoms with Crippen LogP contribution in [0.4, 0.5) is 23.2 Å². The van der Waals surface area contributed by atoms with E-state index in [1.54, 1.807) is 6.07 Å². The zero-order chi connectivity index (χ0) is 27.1. The average Bonchev–Trinajstić information content (AvgIpc) is 3.23. The molecular formula is C30H36F4N4O. The Labute approximate surface area is 226 Å². The molecule has 0 radical (unpaired) electrons. The molecule has 5 nitrogen and oxygen atoms in total. The molecule has 9 heteroatoms. The molecule has 0 unspecified atom stereocenters. The normalized spacial score (nSPS) is 23.4. The van der Waals surface area contributed by atoms with Crippen molar-refractivity contribution < 1.29 is 22.3 Å². The maximum absolute atomic E-state index is 15.6. The third kappa shape index (κ3) is 5.23. The van der Waals surface area contributed by atoms with E-state index in [2.05, 4.69) is 33.1 Å². The molecule has 39 heavy (non-hydrogen) atoms. The van der Waals surface area contributed by atoms with Crippen LogP contribution in [0, 0.1) is 0 Å². The van der Waals surface area contributed by atoms with Gasteiger partial charge in [-0.1, -0.05) is 24.3 Å². The number of nitrogens with one attached hydrogen (secondary N) is 2. The Morgan fingerprint density at radius 2 is 1.95 bits per heavy atom. The largest absolute Gasteiger partial charge is 0.434 e. The van der Waals surface area contributed by atoms with Crippen molar-refractivity contribution in [3.05, 3.63) is 59.3 Å². The Morgan fingerprint density at radius 1 is 1.15 bits per heavy atom. The molecule has 0 amide bonds. The number of ether oxygens (including phenoxy) is 1. The SMILES string of the molecule is C[C@@H]1Cc2c([nH]c3ccccc23)[C@@H](c2ccc(NC3CN(CCCF)C3)cc2OC(F)F)N1CC1(F)CCC1. The number of alkyl halides is 4. The minimum Gasteiger partial charge on any atom is -0.434 e. The fourth-order valence-electron chi connectivity index (χ4n) is 6.55. The van der Waals surface area contributed by atoms with E-state index in [4.69, 9.17) is 4.74 Å². The highest BCUT2D eigenvalue weighted by atomic mass is 19.3. The summed E-state index contributed by atoms with van der Waals surface area (Å²) in [4.78, 5) is 7.84. The first kappa shape index (κ1) is 26.4. The average molecular weight is 545 g/mol. The Balaban J connectivity index is 1.36. The van der Waals surface area contributed by atoms with Gasteiger partial charge in [0, 0.05) is 66.1 Å². The molecule has 2 fully saturated rings. The van der Waals surface area contributed by atoms with Crippen molar-refractivity contribution >= 4 is 16.6 Å². The first-order valence-corrected chi connectivity index (χ1v) is 14.0. The van der Waals surface area contributed by atoms with E-state index in [0.29, 0.717) is 37.1 Å². The summed E-state index contributed by atoms with van der Waals surface area (Å²) in [7, 11) is 0. The number of halogens is 4. The van der Waals surface area contributed by atoms with Gasteiger partial charge in [0.1, 0.15) is 11.4 Å². The number of nitrogens with zero attached hydrogens (tertiary/aromatic N) is 2. The number of hydrogen-bond donors (Lipinski definition) is 2. The van der Waals surface area contributed by atoms with Crippen molar-refractivity contribution in [1.82, 2.24) is 14.8 Å². The van der Waals surface area contributed by atoms with Gasteiger partial charge in [0.25, 0.3) is 0 Å². The topological polar surface area (TPSA) is 43.5 Å². The van der Waals surface area contributed by atoms with E-state index in [0.717, 1.165) is 48.1 Å². The van der Waals surface area contributed by atoms with Crippen molar-refractivity contribution in [1.29, 1.82) is 0 Å². The number of rotatable bonds is 10. The summed E-state index contributed by atoms with van der Waals surface area (Å²) < 4.78 is 60.6. The van der Waals surface area contributed by atoms with Crippen LogP contribution in [0.25, 0.3) is 10.9 Å². The Hall–Kier alpha value is -2.78. The minimum atomic E-state index is -2.99. The number of para-hydroxylation sites is 1. The van der Waals surface area contributed by atoms with E-state index in [-0.39, 0.29) is 31.1 Å². The first-order chi connectivity index (χ1) is 18.8. The number of aromatic nitrogens is 1.